The number of allylic oxidation sites excluding steroid dienone is 4. The van der Waals surface area contributed by atoms with E-state index < -0.39 is 10.2 Å². The third-order valence-corrected chi connectivity index (χ3v) is 5.27. The topological polar surface area (TPSA) is 41.7 Å². The molecule has 0 aliphatic heterocycles. The van der Waals surface area contributed by atoms with Gasteiger partial charge in [-0.1, -0.05) is 0 Å². The molecule has 0 fully saturated rings. The molecular weight excluding hydrogens is 326 g/mol. The Balaban J connectivity index is 2.36. The maximum Gasteiger partial charge on any atom is 0.199 e. The zero-order valence-corrected chi connectivity index (χ0v) is 15.7. The Kier molecular flexibility index (Phi) is 6.10. The van der Waals surface area contributed by atoms with Gasteiger partial charge in [-0.2, -0.15) is 0 Å². The SMILES string of the molecule is CN(C)c1ccc(N=C2C=CC(=[N+](C)C)C=C2)c(S[S+](C)[O-])c1. The summed E-state index contributed by atoms with van der Waals surface area (Å²) in [4.78, 5) is 7.65. The van der Waals surface area contributed by atoms with Crippen molar-refractivity contribution in [3.05, 3.63) is 42.5 Å². The summed E-state index contributed by atoms with van der Waals surface area (Å²) < 4.78 is 13.7. The van der Waals surface area contributed by atoms with E-state index >= 15 is 0 Å². The number of aliphatic imine (C=N–C) groups is 1. The average Bonchev–Trinajstić information content (AvgIpc) is 2.48. The second kappa shape index (κ2) is 7.86. The van der Waals surface area contributed by atoms with Crippen LogP contribution >= 0.6 is 10.8 Å². The summed E-state index contributed by atoms with van der Waals surface area (Å²) in [6.07, 6.45) is 9.75. The van der Waals surface area contributed by atoms with Crippen LogP contribution in [-0.2, 0) is 10.2 Å². The van der Waals surface area contributed by atoms with E-state index in [2.05, 4.69) is 4.58 Å². The Morgan fingerprint density at radius 3 is 2.30 bits per heavy atom. The van der Waals surface area contributed by atoms with Gasteiger partial charge < -0.3 is 9.45 Å². The molecule has 0 aromatic heterocycles. The van der Waals surface area contributed by atoms with E-state index in [0.717, 1.165) is 27.7 Å². The van der Waals surface area contributed by atoms with Gasteiger partial charge in [0.05, 0.1) is 16.3 Å². The molecule has 0 heterocycles. The van der Waals surface area contributed by atoms with Crippen molar-refractivity contribution in [2.75, 3.05) is 39.3 Å². The molecule has 6 heteroatoms. The molecule has 4 nitrogen and oxygen atoms in total. The van der Waals surface area contributed by atoms with Crippen LogP contribution in [0.15, 0.2) is 52.4 Å². The van der Waals surface area contributed by atoms with Gasteiger partial charge in [-0.25, -0.2) is 9.57 Å². The van der Waals surface area contributed by atoms with Gasteiger partial charge in [0.25, 0.3) is 0 Å². The Morgan fingerprint density at radius 1 is 1.13 bits per heavy atom. The monoisotopic (exact) mass is 348 g/mol. The summed E-state index contributed by atoms with van der Waals surface area (Å²) in [6.45, 7) is 0. The molecule has 23 heavy (non-hydrogen) atoms. The van der Waals surface area contributed by atoms with Crippen molar-refractivity contribution < 1.29 is 9.13 Å². The van der Waals surface area contributed by atoms with Gasteiger partial charge in [-0.05, 0) is 30.4 Å². The van der Waals surface area contributed by atoms with Gasteiger partial charge in [0, 0.05) is 42.1 Å². The fourth-order valence-electron chi connectivity index (χ4n) is 2.03. The van der Waals surface area contributed by atoms with Crippen molar-refractivity contribution in [1.82, 2.24) is 0 Å². The van der Waals surface area contributed by atoms with Crippen LogP contribution in [0.1, 0.15) is 0 Å². The first-order chi connectivity index (χ1) is 10.9. The highest BCUT2D eigenvalue weighted by Crippen LogP contribution is 2.36. The van der Waals surface area contributed by atoms with Gasteiger partial charge in [0.15, 0.2) is 5.71 Å². The summed E-state index contributed by atoms with van der Waals surface area (Å²) in [5.74, 6) is 0. The zero-order chi connectivity index (χ0) is 17.0. The highest BCUT2D eigenvalue weighted by atomic mass is 33.1. The Morgan fingerprint density at radius 2 is 1.78 bits per heavy atom. The van der Waals surface area contributed by atoms with Crippen molar-refractivity contribution >= 4 is 43.8 Å². The van der Waals surface area contributed by atoms with Gasteiger partial charge in [-0.15, -0.1) is 0 Å². The molecule has 1 unspecified atom stereocenters. The molecule has 0 radical (unpaired) electrons. The maximum atomic E-state index is 11.6. The first kappa shape index (κ1) is 17.8. The van der Waals surface area contributed by atoms with Crippen LogP contribution in [0.5, 0.6) is 0 Å². The standard InChI is InChI=1S/C17H22N3OS2/c1-19(2)14-8-6-13(7-9-14)18-16-11-10-15(20(3)4)12-17(16)22-23(5)21/h6-12H,1-5H3/q+1. The molecule has 1 aliphatic carbocycles. The molecule has 1 aromatic carbocycles. The smallest absolute Gasteiger partial charge is 0.199 e. The molecule has 1 aromatic rings. The molecule has 0 N–H and O–H groups in total. The minimum absolute atomic E-state index is 0.841. The van der Waals surface area contributed by atoms with E-state index in [1.807, 2.05) is 75.6 Å². The van der Waals surface area contributed by atoms with E-state index in [1.165, 1.54) is 10.8 Å². The van der Waals surface area contributed by atoms with E-state index in [4.69, 9.17) is 4.99 Å². The van der Waals surface area contributed by atoms with Crippen molar-refractivity contribution in [2.24, 2.45) is 4.99 Å². The lowest BCUT2D eigenvalue weighted by Crippen LogP contribution is -2.11. The lowest BCUT2D eigenvalue weighted by Gasteiger charge is -2.15. The lowest BCUT2D eigenvalue weighted by molar-refractivity contribution is -0.462. The molecular formula is C17H22N3OS2+. The second-order valence-electron chi connectivity index (χ2n) is 5.55. The molecule has 0 spiro atoms. The predicted octanol–water partition coefficient (Wildman–Crippen LogP) is 3.05. The first-order valence-electron chi connectivity index (χ1n) is 7.19. The van der Waals surface area contributed by atoms with Crippen molar-refractivity contribution in [2.45, 2.75) is 4.90 Å². The lowest BCUT2D eigenvalue weighted by atomic mass is 10.1. The van der Waals surface area contributed by atoms with Crippen LogP contribution in [0, 0.1) is 0 Å². The summed E-state index contributed by atoms with van der Waals surface area (Å²) in [5.41, 5.74) is 3.93. The van der Waals surface area contributed by atoms with Crippen LogP contribution < -0.4 is 4.90 Å². The van der Waals surface area contributed by atoms with Gasteiger partial charge in [0.2, 0.25) is 0 Å². The normalized spacial score (nSPS) is 14.9. The number of nitrogens with zero attached hydrogens (tertiary/aromatic N) is 3. The first-order valence-corrected chi connectivity index (χ1v) is 10.1. The van der Waals surface area contributed by atoms with E-state index in [0.29, 0.717) is 0 Å². The van der Waals surface area contributed by atoms with Crippen LogP contribution in [-0.4, -0.2) is 55.0 Å². The Labute approximate surface area is 144 Å². The number of hydrogen-bond acceptors (Lipinski definition) is 4. The quantitative estimate of drug-likeness (QED) is 0.363. The third kappa shape index (κ3) is 4.99. The Bertz CT molecular complexity index is 682. The number of hydrogen-bond donors (Lipinski definition) is 0. The molecule has 0 saturated heterocycles. The zero-order valence-electron chi connectivity index (χ0n) is 14.1. The van der Waals surface area contributed by atoms with Gasteiger partial charge >= 0.3 is 0 Å². The highest BCUT2D eigenvalue weighted by molar-refractivity contribution is 8.71. The van der Waals surface area contributed by atoms with Crippen LogP contribution in [0.3, 0.4) is 0 Å². The molecule has 122 valence electrons. The van der Waals surface area contributed by atoms with E-state index in [9.17, 15) is 4.55 Å². The van der Waals surface area contributed by atoms with Gasteiger partial charge in [0.1, 0.15) is 31.1 Å². The maximum absolute atomic E-state index is 11.6. The number of benzene rings is 1. The summed E-state index contributed by atoms with van der Waals surface area (Å²) in [6, 6.07) is 6.03. The summed E-state index contributed by atoms with van der Waals surface area (Å²) in [7, 11) is 8.34. The molecule has 2 rings (SSSR count). The van der Waals surface area contributed by atoms with E-state index in [1.54, 1.807) is 6.26 Å². The van der Waals surface area contributed by atoms with E-state index in [-0.39, 0.29) is 0 Å². The van der Waals surface area contributed by atoms with Crippen LogP contribution in [0.25, 0.3) is 0 Å². The fourth-order valence-corrected chi connectivity index (χ4v) is 3.81. The molecule has 0 saturated carbocycles. The van der Waals surface area contributed by atoms with Crippen molar-refractivity contribution in [3.8, 4) is 0 Å². The second-order valence-corrected chi connectivity index (χ2v) is 8.87. The summed E-state index contributed by atoms with van der Waals surface area (Å²) >= 11 is 0. The average molecular weight is 349 g/mol. The van der Waals surface area contributed by atoms with Crippen molar-refractivity contribution in [1.29, 1.82) is 0 Å². The minimum atomic E-state index is -0.985. The number of anilines is 1. The molecule has 1 aliphatic rings. The summed E-state index contributed by atoms with van der Waals surface area (Å²) in [5, 5.41) is 0. The largest absolute Gasteiger partial charge is 0.605 e. The van der Waals surface area contributed by atoms with Crippen LogP contribution in [0.4, 0.5) is 11.4 Å². The van der Waals surface area contributed by atoms with Crippen molar-refractivity contribution in [3.63, 3.8) is 0 Å². The highest BCUT2D eigenvalue weighted by Gasteiger charge is 2.13. The Hall–Kier alpha value is -1.50. The molecule has 0 amide bonds. The molecule has 1 atom stereocenters. The fraction of sp³-hybridized carbons (Fsp3) is 0.294. The van der Waals surface area contributed by atoms with Crippen LogP contribution in [0.2, 0.25) is 0 Å². The minimum Gasteiger partial charge on any atom is -0.605 e. The predicted molar refractivity (Wildman–Crippen MR) is 103 cm³/mol. The molecule has 0 bridgehead atoms. The number of rotatable bonds is 4. The third-order valence-electron chi connectivity index (χ3n) is 3.28. The van der Waals surface area contributed by atoms with Gasteiger partial charge in [-0.3, -0.25) is 0 Å².